The van der Waals surface area contributed by atoms with Gasteiger partial charge < -0.3 is 10.1 Å². The Bertz CT molecular complexity index is 454. The number of thiazole rings is 1. The second-order valence-corrected chi connectivity index (χ2v) is 4.50. The van der Waals surface area contributed by atoms with E-state index in [2.05, 4.69) is 23.3 Å². The van der Waals surface area contributed by atoms with Gasteiger partial charge in [0.2, 0.25) is 0 Å². The molecule has 1 N–H and O–H groups in total. The van der Waals surface area contributed by atoms with Crippen molar-refractivity contribution in [3.63, 3.8) is 0 Å². The van der Waals surface area contributed by atoms with Crippen LogP contribution in [-0.4, -0.2) is 12.1 Å². The molecule has 1 aromatic carbocycles. The Hall–Kier alpha value is -1.55. The molecule has 0 spiro atoms. The van der Waals surface area contributed by atoms with Gasteiger partial charge in [-0.05, 0) is 24.6 Å². The molecule has 84 valence electrons. The molecule has 0 bridgehead atoms. The van der Waals surface area contributed by atoms with Gasteiger partial charge in [-0.25, -0.2) is 0 Å². The van der Waals surface area contributed by atoms with Gasteiger partial charge in [0.1, 0.15) is 5.75 Å². The maximum Gasteiger partial charge on any atom is 0.142 e. The van der Waals surface area contributed by atoms with E-state index in [0.29, 0.717) is 0 Å². The van der Waals surface area contributed by atoms with Crippen LogP contribution in [0.15, 0.2) is 29.9 Å². The summed E-state index contributed by atoms with van der Waals surface area (Å²) in [5.41, 5.74) is 4.05. The van der Waals surface area contributed by atoms with Crippen molar-refractivity contribution < 1.29 is 4.74 Å². The topological polar surface area (TPSA) is 34.1 Å². The molecule has 0 aliphatic carbocycles. The molecule has 0 aliphatic heterocycles. The standard InChI is InChI=1S/C12H14N2OS/c1-9-3-4-11(12(5-9)15-2)14-7-10-6-13-8-16-10/h3-6,8,14H,7H2,1-2H3. The lowest BCUT2D eigenvalue weighted by Gasteiger charge is -2.10. The summed E-state index contributed by atoms with van der Waals surface area (Å²) >= 11 is 1.64. The second kappa shape index (κ2) is 4.99. The Kier molecular flexibility index (Phi) is 3.41. The highest BCUT2D eigenvalue weighted by Gasteiger charge is 2.02. The second-order valence-electron chi connectivity index (χ2n) is 3.53. The summed E-state index contributed by atoms with van der Waals surface area (Å²) in [6, 6.07) is 6.13. The van der Waals surface area contributed by atoms with Gasteiger partial charge in [-0.1, -0.05) is 6.07 Å². The Balaban J connectivity index is 2.09. The van der Waals surface area contributed by atoms with E-state index in [4.69, 9.17) is 4.74 Å². The monoisotopic (exact) mass is 234 g/mol. The van der Waals surface area contributed by atoms with Crippen LogP contribution in [0.25, 0.3) is 0 Å². The Labute approximate surface area is 99.1 Å². The van der Waals surface area contributed by atoms with Gasteiger partial charge in [-0.3, -0.25) is 4.98 Å². The van der Waals surface area contributed by atoms with Crippen molar-refractivity contribution in [2.75, 3.05) is 12.4 Å². The van der Waals surface area contributed by atoms with Gasteiger partial charge in [0, 0.05) is 11.1 Å². The molecule has 0 unspecified atom stereocenters. The fourth-order valence-corrected chi connectivity index (χ4v) is 1.99. The quantitative estimate of drug-likeness (QED) is 0.882. The van der Waals surface area contributed by atoms with E-state index < -0.39 is 0 Å². The van der Waals surface area contributed by atoms with E-state index in [1.165, 1.54) is 10.4 Å². The number of nitrogens with zero attached hydrogens (tertiary/aromatic N) is 1. The number of anilines is 1. The maximum atomic E-state index is 5.32. The van der Waals surface area contributed by atoms with Gasteiger partial charge in [0.15, 0.2) is 0 Å². The van der Waals surface area contributed by atoms with Crippen LogP contribution in [0.1, 0.15) is 10.4 Å². The van der Waals surface area contributed by atoms with Gasteiger partial charge in [-0.15, -0.1) is 11.3 Å². The molecule has 0 fully saturated rings. The molecule has 4 heteroatoms. The van der Waals surface area contributed by atoms with Crippen molar-refractivity contribution in [3.8, 4) is 5.75 Å². The van der Waals surface area contributed by atoms with Crippen molar-refractivity contribution in [1.29, 1.82) is 0 Å². The number of aryl methyl sites for hydroxylation is 1. The lowest BCUT2D eigenvalue weighted by atomic mass is 10.2. The summed E-state index contributed by atoms with van der Waals surface area (Å²) < 4.78 is 5.32. The summed E-state index contributed by atoms with van der Waals surface area (Å²) in [6.45, 7) is 2.83. The van der Waals surface area contributed by atoms with Crippen molar-refractivity contribution >= 4 is 17.0 Å². The molecule has 3 nitrogen and oxygen atoms in total. The molecule has 2 aromatic rings. The molecule has 0 atom stereocenters. The molecule has 0 saturated carbocycles. The molecule has 0 saturated heterocycles. The number of ether oxygens (including phenoxy) is 1. The minimum atomic E-state index is 0.782. The van der Waals surface area contributed by atoms with Crippen molar-refractivity contribution in [2.24, 2.45) is 0 Å². The van der Waals surface area contributed by atoms with E-state index >= 15 is 0 Å². The predicted octanol–water partition coefficient (Wildman–Crippen LogP) is 3.07. The van der Waals surface area contributed by atoms with E-state index in [9.17, 15) is 0 Å². The highest BCUT2D eigenvalue weighted by Crippen LogP contribution is 2.25. The van der Waals surface area contributed by atoms with Crippen LogP contribution in [0, 0.1) is 6.92 Å². The first kappa shape index (κ1) is 11.0. The molecule has 1 heterocycles. The normalized spacial score (nSPS) is 10.1. The zero-order valence-electron chi connectivity index (χ0n) is 9.36. The average molecular weight is 234 g/mol. The molecular formula is C12H14N2OS. The minimum absolute atomic E-state index is 0.782. The highest BCUT2D eigenvalue weighted by atomic mass is 32.1. The smallest absolute Gasteiger partial charge is 0.142 e. The van der Waals surface area contributed by atoms with Crippen LogP contribution < -0.4 is 10.1 Å². The number of nitrogens with one attached hydrogen (secondary N) is 1. The number of hydrogen-bond acceptors (Lipinski definition) is 4. The summed E-state index contributed by atoms with van der Waals surface area (Å²) in [5.74, 6) is 0.879. The zero-order valence-corrected chi connectivity index (χ0v) is 10.2. The first-order chi connectivity index (χ1) is 7.79. The maximum absolute atomic E-state index is 5.32. The molecule has 0 amide bonds. The Morgan fingerprint density at radius 1 is 1.44 bits per heavy atom. The average Bonchev–Trinajstić information content (AvgIpc) is 2.80. The van der Waals surface area contributed by atoms with Crippen LogP contribution in [0.5, 0.6) is 5.75 Å². The summed E-state index contributed by atoms with van der Waals surface area (Å²) in [4.78, 5) is 5.25. The van der Waals surface area contributed by atoms with Gasteiger partial charge >= 0.3 is 0 Å². The van der Waals surface area contributed by atoms with E-state index in [1.54, 1.807) is 18.4 Å². The molecule has 0 radical (unpaired) electrons. The van der Waals surface area contributed by atoms with Crippen LogP contribution in [0.3, 0.4) is 0 Å². The van der Waals surface area contributed by atoms with Crippen molar-refractivity contribution in [1.82, 2.24) is 4.98 Å². The van der Waals surface area contributed by atoms with Crippen LogP contribution in [-0.2, 0) is 6.54 Å². The van der Waals surface area contributed by atoms with Crippen LogP contribution >= 0.6 is 11.3 Å². The first-order valence-corrected chi connectivity index (χ1v) is 5.93. The predicted molar refractivity (Wildman–Crippen MR) is 67.2 cm³/mol. The number of aromatic nitrogens is 1. The van der Waals surface area contributed by atoms with Crippen molar-refractivity contribution in [2.45, 2.75) is 13.5 Å². The highest BCUT2D eigenvalue weighted by molar-refractivity contribution is 7.09. The van der Waals surface area contributed by atoms with E-state index in [1.807, 2.05) is 23.8 Å². The number of methoxy groups -OCH3 is 1. The third-order valence-electron chi connectivity index (χ3n) is 2.29. The lowest BCUT2D eigenvalue weighted by molar-refractivity contribution is 0.416. The molecule has 2 rings (SSSR count). The number of benzene rings is 1. The summed E-state index contributed by atoms with van der Waals surface area (Å²) in [6.07, 6.45) is 1.87. The van der Waals surface area contributed by atoms with Crippen LogP contribution in [0.4, 0.5) is 5.69 Å². The van der Waals surface area contributed by atoms with Crippen molar-refractivity contribution in [3.05, 3.63) is 40.3 Å². The molecular weight excluding hydrogens is 220 g/mol. The van der Waals surface area contributed by atoms with E-state index in [0.717, 1.165) is 18.0 Å². The zero-order chi connectivity index (χ0) is 11.4. The van der Waals surface area contributed by atoms with Gasteiger partial charge in [0.05, 0.1) is 24.9 Å². The molecule has 16 heavy (non-hydrogen) atoms. The molecule has 1 aromatic heterocycles. The number of rotatable bonds is 4. The van der Waals surface area contributed by atoms with E-state index in [-0.39, 0.29) is 0 Å². The Morgan fingerprint density at radius 2 is 2.31 bits per heavy atom. The SMILES string of the molecule is COc1cc(C)ccc1NCc1cncs1. The van der Waals surface area contributed by atoms with Gasteiger partial charge in [-0.2, -0.15) is 0 Å². The fourth-order valence-electron chi connectivity index (χ4n) is 1.46. The largest absolute Gasteiger partial charge is 0.495 e. The minimum Gasteiger partial charge on any atom is -0.495 e. The first-order valence-electron chi connectivity index (χ1n) is 5.05. The molecule has 0 aliphatic rings. The Morgan fingerprint density at radius 3 is 3.00 bits per heavy atom. The van der Waals surface area contributed by atoms with Gasteiger partial charge in [0.25, 0.3) is 0 Å². The third kappa shape index (κ3) is 2.52. The number of hydrogen-bond donors (Lipinski definition) is 1. The fraction of sp³-hybridized carbons (Fsp3) is 0.250. The van der Waals surface area contributed by atoms with Crippen LogP contribution in [0.2, 0.25) is 0 Å². The summed E-state index contributed by atoms with van der Waals surface area (Å²) in [7, 11) is 1.69. The third-order valence-corrected chi connectivity index (χ3v) is 3.07. The summed E-state index contributed by atoms with van der Waals surface area (Å²) in [5, 5.41) is 3.34. The lowest BCUT2D eigenvalue weighted by Crippen LogP contribution is -2.00.